The fraction of sp³-hybridized carbons (Fsp3) is 0.423. The van der Waals surface area contributed by atoms with E-state index in [0.29, 0.717) is 18.7 Å². The minimum Gasteiger partial charge on any atom is -0.481 e. The molecule has 0 unspecified atom stereocenters. The molecular formula is C26H32N2O5S. The molecule has 0 aromatic heterocycles. The smallest absolute Gasteiger partial charge is 0.407 e. The van der Waals surface area contributed by atoms with Gasteiger partial charge in [0.15, 0.2) is 0 Å². The molecule has 0 bridgehead atoms. The van der Waals surface area contributed by atoms with Gasteiger partial charge in [0, 0.05) is 30.7 Å². The predicted octanol–water partition coefficient (Wildman–Crippen LogP) is 4.41. The molecule has 8 heteroatoms. The number of thioether (sulfide) groups is 1. The maximum absolute atomic E-state index is 12.6. The van der Waals surface area contributed by atoms with Crippen LogP contribution in [0.3, 0.4) is 0 Å². The lowest BCUT2D eigenvalue weighted by molar-refractivity contribution is -0.133. The fourth-order valence-corrected chi connectivity index (χ4v) is 4.77. The molecule has 182 valence electrons. The number of aliphatic carboxylic acids is 1. The quantitative estimate of drug-likeness (QED) is 0.364. The maximum Gasteiger partial charge on any atom is 0.407 e. The maximum atomic E-state index is 12.6. The molecular weight excluding hydrogens is 452 g/mol. The third kappa shape index (κ3) is 7.25. The van der Waals surface area contributed by atoms with Crippen molar-refractivity contribution in [2.45, 2.75) is 44.6 Å². The topological polar surface area (TPSA) is 105 Å². The number of benzene rings is 2. The predicted molar refractivity (Wildman–Crippen MR) is 134 cm³/mol. The van der Waals surface area contributed by atoms with Crippen molar-refractivity contribution in [3.05, 3.63) is 59.7 Å². The molecule has 34 heavy (non-hydrogen) atoms. The van der Waals surface area contributed by atoms with Gasteiger partial charge in [-0.15, -0.1) is 11.8 Å². The van der Waals surface area contributed by atoms with Crippen LogP contribution in [-0.4, -0.2) is 53.8 Å². The van der Waals surface area contributed by atoms with Gasteiger partial charge >= 0.3 is 12.1 Å². The minimum absolute atomic E-state index is 0.0122. The highest BCUT2D eigenvalue weighted by atomic mass is 32.2. The highest BCUT2D eigenvalue weighted by Gasteiger charge is 2.29. The van der Waals surface area contributed by atoms with Gasteiger partial charge in [-0.3, -0.25) is 9.59 Å². The molecule has 3 N–H and O–H groups in total. The Morgan fingerprint density at radius 2 is 1.71 bits per heavy atom. The first-order valence-corrected chi connectivity index (χ1v) is 12.8. The van der Waals surface area contributed by atoms with E-state index in [2.05, 4.69) is 41.8 Å². The Hall–Kier alpha value is -3.00. The van der Waals surface area contributed by atoms with Crippen LogP contribution in [0.1, 0.15) is 49.7 Å². The average Bonchev–Trinajstić information content (AvgIpc) is 3.14. The summed E-state index contributed by atoms with van der Waals surface area (Å²) in [6.45, 7) is 2.68. The molecule has 2 aromatic rings. The monoisotopic (exact) mass is 484 g/mol. The molecule has 7 nitrogen and oxygen atoms in total. The van der Waals surface area contributed by atoms with Gasteiger partial charge in [-0.05, 0) is 28.7 Å². The first-order valence-electron chi connectivity index (χ1n) is 11.7. The molecule has 0 heterocycles. The van der Waals surface area contributed by atoms with E-state index in [4.69, 9.17) is 9.84 Å². The van der Waals surface area contributed by atoms with Crippen molar-refractivity contribution >= 4 is 29.7 Å². The minimum atomic E-state index is -0.872. The normalized spacial score (nSPS) is 13.0. The van der Waals surface area contributed by atoms with Crippen molar-refractivity contribution < 1.29 is 24.2 Å². The number of carboxylic acids is 1. The van der Waals surface area contributed by atoms with Crippen LogP contribution in [-0.2, 0) is 14.3 Å². The Balaban J connectivity index is 1.51. The fourth-order valence-electron chi connectivity index (χ4n) is 4.20. The number of carboxylic acid groups (broad SMARTS) is 1. The van der Waals surface area contributed by atoms with Crippen LogP contribution >= 0.6 is 11.8 Å². The number of hydrogen-bond acceptors (Lipinski definition) is 5. The summed E-state index contributed by atoms with van der Waals surface area (Å²) in [4.78, 5) is 35.5. The summed E-state index contributed by atoms with van der Waals surface area (Å²) in [6.07, 6.45) is 2.16. The molecule has 3 rings (SSSR count). The summed E-state index contributed by atoms with van der Waals surface area (Å²) in [6, 6.07) is 16.0. The highest BCUT2D eigenvalue weighted by molar-refractivity contribution is 7.99. The second-order valence-corrected chi connectivity index (χ2v) is 9.41. The number of alkyl carbamates (subject to hydrolysis) is 1. The summed E-state index contributed by atoms with van der Waals surface area (Å²) in [7, 11) is 0. The van der Waals surface area contributed by atoms with Gasteiger partial charge in [-0.2, -0.15) is 0 Å². The zero-order valence-corrected chi connectivity index (χ0v) is 20.2. The molecule has 0 aliphatic heterocycles. The summed E-state index contributed by atoms with van der Waals surface area (Å²) >= 11 is 1.25. The summed E-state index contributed by atoms with van der Waals surface area (Å²) in [5.41, 5.74) is 4.65. The van der Waals surface area contributed by atoms with E-state index in [1.54, 1.807) is 0 Å². The molecule has 0 saturated heterocycles. The first-order chi connectivity index (χ1) is 16.5. The molecule has 0 saturated carbocycles. The van der Waals surface area contributed by atoms with Crippen LogP contribution in [0.15, 0.2) is 48.5 Å². The van der Waals surface area contributed by atoms with E-state index in [0.717, 1.165) is 24.0 Å². The van der Waals surface area contributed by atoms with Gasteiger partial charge in [0.25, 0.3) is 0 Å². The number of carbonyl (C=O) groups is 3. The Kier molecular flexibility index (Phi) is 9.82. The Bertz CT molecular complexity index is 951. The third-order valence-electron chi connectivity index (χ3n) is 5.80. The van der Waals surface area contributed by atoms with Gasteiger partial charge in [0.05, 0.1) is 5.75 Å². The van der Waals surface area contributed by atoms with Crippen LogP contribution in [0.4, 0.5) is 4.79 Å². The van der Waals surface area contributed by atoms with Crippen LogP contribution in [0.5, 0.6) is 0 Å². The Labute approximate surface area is 204 Å². The highest BCUT2D eigenvalue weighted by Crippen LogP contribution is 2.44. The largest absolute Gasteiger partial charge is 0.481 e. The van der Waals surface area contributed by atoms with E-state index < -0.39 is 12.1 Å². The zero-order chi connectivity index (χ0) is 24.3. The van der Waals surface area contributed by atoms with Crippen molar-refractivity contribution in [2.75, 3.05) is 24.7 Å². The second kappa shape index (κ2) is 13.0. The molecule has 0 radical (unpaired) electrons. The van der Waals surface area contributed by atoms with E-state index in [-0.39, 0.29) is 36.6 Å². The van der Waals surface area contributed by atoms with Gasteiger partial charge in [0.2, 0.25) is 5.91 Å². The summed E-state index contributed by atoms with van der Waals surface area (Å²) < 4.78 is 5.63. The van der Waals surface area contributed by atoms with Crippen LogP contribution in [0, 0.1) is 0 Å². The summed E-state index contributed by atoms with van der Waals surface area (Å²) in [5.74, 6) is -0.520. The van der Waals surface area contributed by atoms with E-state index in [1.165, 1.54) is 22.9 Å². The molecule has 0 fully saturated rings. The van der Waals surface area contributed by atoms with Crippen LogP contribution in [0.2, 0.25) is 0 Å². The number of ether oxygens (including phenoxy) is 1. The first kappa shape index (κ1) is 25.6. The van der Waals surface area contributed by atoms with E-state index in [9.17, 15) is 14.4 Å². The SMILES string of the molecule is CCCC[C@H](CC(=O)NCCSCC(=O)O)NC(=O)OCC1c2ccccc2-c2ccccc21. The van der Waals surface area contributed by atoms with Crippen molar-refractivity contribution in [1.29, 1.82) is 0 Å². The molecule has 2 aromatic carbocycles. The average molecular weight is 485 g/mol. The number of unbranched alkanes of at least 4 members (excludes halogenated alkanes) is 1. The van der Waals surface area contributed by atoms with Gasteiger partial charge in [-0.25, -0.2) is 4.79 Å². The second-order valence-electron chi connectivity index (χ2n) is 8.31. The number of nitrogens with one attached hydrogen (secondary N) is 2. The molecule has 1 aliphatic rings. The Morgan fingerprint density at radius 3 is 2.32 bits per heavy atom. The van der Waals surface area contributed by atoms with Crippen molar-refractivity contribution in [3.8, 4) is 11.1 Å². The van der Waals surface area contributed by atoms with Gasteiger partial charge < -0.3 is 20.5 Å². The molecule has 0 spiro atoms. The number of hydrogen-bond donors (Lipinski definition) is 3. The van der Waals surface area contributed by atoms with Crippen molar-refractivity contribution in [3.63, 3.8) is 0 Å². The van der Waals surface area contributed by atoms with Gasteiger partial charge in [-0.1, -0.05) is 68.3 Å². The molecule has 2 amide bonds. The lowest BCUT2D eigenvalue weighted by Crippen LogP contribution is -2.40. The lowest BCUT2D eigenvalue weighted by atomic mass is 9.98. The number of fused-ring (bicyclic) bond motifs is 3. The number of carbonyl (C=O) groups excluding carboxylic acids is 2. The third-order valence-corrected chi connectivity index (χ3v) is 6.74. The van der Waals surface area contributed by atoms with Crippen molar-refractivity contribution in [1.82, 2.24) is 10.6 Å². The zero-order valence-electron chi connectivity index (χ0n) is 19.4. The molecule has 1 aliphatic carbocycles. The van der Waals surface area contributed by atoms with Crippen molar-refractivity contribution in [2.24, 2.45) is 0 Å². The lowest BCUT2D eigenvalue weighted by Gasteiger charge is -2.20. The van der Waals surface area contributed by atoms with Gasteiger partial charge in [0.1, 0.15) is 6.61 Å². The molecule has 1 atom stereocenters. The Morgan fingerprint density at radius 1 is 1.06 bits per heavy atom. The van der Waals surface area contributed by atoms with E-state index in [1.807, 2.05) is 24.3 Å². The number of amides is 2. The standard InChI is InChI=1S/C26H32N2O5S/c1-2-3-8-18(15-24(29)27-13-14-34-17-25(30)31)28-26(32)33-16-23-21-11-6-4-9-19(21)20-10-5-7-12-22(20)23/h4-7,9-12,18,23H,2-3,8,13-17H2,1H3,(H,27,29)(H,28,32)(H,30,31)/t18-/m1/s1. The summed E-state index contributed by atoms with van der Waals surface area (Å²) in [5, 5.41) is 14.3. The number of rotatable bonds is 13. The van der Waals surface area contributed by atoms with E-state index >= 15 is 0 Å². The van der Waals surface area contributed by atoms with Crippen LogP contribution < -0.4 is 10.6 Å². The van der Waals surface area contributed by atoms with Crippen LogP contribution in [0.25, 0.3) is 11.1 Å².